The molecule has 4 rings (SSSR count). The lowest BCUT2D eigenvalue weighted by atomic mass is 9.72. The number of hydrogen-bond donors (Lipinski definition) is 2. The number of aromatic nitrogens is 2. The first-order chi connectivity index (χ1) is 13.2. The number of fused-ring (bicyclic) bond motifs is 3. The molecule has 3 atom stereocenters. The second kappa shape index (κ2) is 7.27. The molecule has 10 heteroatoms. The van der Waals surface area contributed by atoms with Crippen LogP contribution in [0.1, 0.15) is 19.2 Å². The van der Waals surface area contributed by atoms with Crippen LogP contribution >= 0.6 is 11.6 Å². The van der Waals surface area contributed by atoms with Gasteiger partial charge in [-0.25, -0.2) is 14.4 Å². The highest BCUT2D eigenvalue weighted by Gasteiger charge is 2.42. The number of allylic oxidation sites excluding steroid dienone is 2. The Labute approximate surface area is 164 Å². The van der Waals surface area contributed by atoms with Crippen molar-refractivity contribution in [2.75, 3.05) is 31.5 Å². The zero-order valence-corrected chi connectivity index (χ0v) is 15.9. The zero-order chi connectivity index (χ0) is 20.1. The molecule has 1 aromatic heterocycles. The minimum atomic E-state index is -4.74. The molecule has 0 spiro atoms. The average molecular weight is 418 g/mol. The molecule has 0 saturated carbocycles. The molecule has 0 amide bonds. The molecule has 0 radical (unpaired) electrons. The molecule has 2 saturated heterocycles. The highest BCUT2D eigenvalue weighted by atomic mass is 35.5. The number of halogens is 5. The van der Waals surface area contributed by atoms with E-state index in [4.69, 9.17) is 11.6 Å². The molecule has 152 valence electrons. The minimum Gasteiger partial charge on any atom is -0.338 e. The summed E-state index contributed by atoms with van der Waals surface area (Å²) in [6.45, 7) is 5.46. The van der Waals surface area contributed by atoms with Crippen molar-refractivity contribution in [3.8, 4) is 0 Å². The third-order valence-electron chi connectivity index (χ3n) is 5.61. The third kappa shape index (κ3) is 3.62. The number of alkyl halides is 3. The standard InChI is InChI=1S/C18H20ClF4N5/c1-9-6-11(25-14-7-13(19)26-17(27-14)18(21,22)23)16(20)10-2-4-28-5-3-24-8-12(28)15(9)10/h6-7,9,12,15,24H,2-5,8H2,1H3,(H,25,26,27)/t9?,12-,15?/m1/s1. The maximum absolute atomic E-state index is 15.2. The fraction of sp³-hybridized carbons (Fsp3) is 0.556. The average Bonchev–Trinajstić information content (AvgIpc) is 2.64. The first-order valence-corrected chi connectivity index (χ1v) is 9.56. The fourth-order valence-corrected chi connectivity index (χ4v) is 4.63. The molecule has 2 aliphatic heterocycles. The van der Waals surface area contributed by atoms with E-state index >= 15 is 4.39 Å². The number of nitrogens with zero attached hydrogens (tertiary/aromatic N) is 3. The molecule has 0 aromatic carbocycles. The largest absolute Gasteiger partial charge is 0.451 e. The summed E-state index contributed by atoms with van der Waals surface area (Å²) < 4.78 is 54.0. The van der Waals surface area contributed by atoms with E-state index < -0.39 is 17.8 Å². The van der Waals surface area contributed by atoms with Crippen molar-refractivity contribution >= 4 is 17.4 Å². The van der Waals surface area contributed by atoms with E-state index in [1.165, 1.54) is 0 Å². The molecule has 5 nitrogen and oxygen atoms in total. The van der Waals surface area contributed by atoms with Crippen LogP contribution < -0.4 is 10.6 Å². The van der Waals surface area contributed by atoms with Crippen molar-refractivity contribution in [2.45, 2.75) is 25.6 Å². The lowest BCUT2D eigenvalue weighted by Crippen LogP contribution is -2.59. The summed E-state index contributed by atoms with van der Waals surface area (Å²) in [5, 5.41) is 5.69. The predicted molar refractivity (Wildman–Crippen MR) is 97.4 cm³/mol. The van der Waals surface area contributed by atoms with Crippen LogP contribution in [0.15, 0.2) is 29.2 Å². The van der Waals surface area contributed by atoms with E-state index in [-0.39, 0.29) is 34.5 Å². The number of piperazine rings is 1. The lowest BCUT2D eigenvalue weighted by Gasteiger charge is -2.48. The van der Waals surface area contributed by atoms with E-state index in [2.05, 4.69) is 25.5 Å². The third-order valence-corrected chi connectivity index (χ3v) is 5.80. The van der Waals surface area contributed by atoms with Gasteiger partial charge in [-0.15, -0.1) is 0 Å². The number of rotatable bonds is 2. The van der Waals surface area contributed by atoms with Crippen LogP contribution in [0.25, 0.3) is 0 Å². The summed E-state index contributed by atoms with van der Waals surface area (Å²) in [6, 6.07) is 1.38. The molecule has 2 fully saturated rings. The van der Waals surface area contributed by atoms with Crippen LogP contribution in [0.2, 0.25) is 5.15 Å². The van der Waals surface area contributed by atoms with Gasteiger partial charge in [-0.3, -0.25) is 4.90 Å². The predicted octanol–water partition coefficient (Wildman–Crippen LogP) is 3.61. The van der Waals surface area contributed by atoms with Gasteiger partial charge in [-0.2, -0.15) is 13.2 Å². The summed E-state index contributed by atoms with van der Waals surface area (Å²) in [7, 11) is 0. The van der Waals surface area contributed by atoms with Crippen LogP contribution in [-0.2, 0) is 6.18 Å². The van der Waals surface area contributed by atoms with Crippen molar-refractivity contribution in [3.05, 3.63) is 40.2 Å². The molecule has 0 bridgehead atoms. The molecule has 2 N–H and O–H groups in total. The van der Waals surface area contributed by atoms with E-state index in [0.717, 1.165) is 37.8 Å². The van der Waals surface area contributed by atoms with Gasteiger partial charge >= 0.3 is 6.18 Å². The van der Waals surface area contributed by atoms with Crippen molar-refractivity contribution in [1.29, 1.82) is 0 Å². The fourth-order valence-electron chi connectivity index (χ4n) is 4.44. The topological polar surface area (TPSA) is 53.1 Å². The second-order valence-electron chi connectivity index (χ2n) is 7.38. The van der Waals surface area contributed by atoms with Gasteiger partial charge in [0.1, 0.15) is 16.8 Å². The van der Waals surface area contributed by atoms with E-state index in [1.807, 2.05) is 6.92 Å². The van der Waals surface area contributed by atoms with E-state index in [1.54, 1.807) is 6.08 Å². The van der Waals surface area contributed by atoms with Crippen LogP contribution in [0.5, 0.6) is 0 Å². The van der Waals surface area contributed by atoms with E-state index in [9.17, 15) is 13.2 Å². The highest BCUT2D eigenvalue weighted by Crippen LogP contribution is 2.43. The van der Waals surface area contributed by atoms with Gasteiger partial charge in [0.05, 0.1) is 5.70 Å². The van der Waals surface area contributed by atoms with Crippen LogP contribution in [0.3, 0.4) is 0 Å². The Morgan fingerprint density at radius 3 is 2.82 bits per heavy atom. The summed E-state index contributed by atoms with van der Waals surface area (Å²) in [6.07, 6.45) is -2.40. The Hall–Kier alpha value is -1.71. The molecule has 1 aliphatic carbocycles. The Bertz CT molecular complexity index is 838. The Balaban J connectivity index is 1.62. The van der Waals surface area contributed by atoms with Crippen LogP contribution in [0, 0.1) is 11.8 Å². The molecular weight excluding hydrogens is 398 g/mol. The Kier molecular flexibility index (Phi) is 5.09. The number of nitrogens with one attached hydrogen (secondary N) is 2. The monoisotopic (exact) mass is 417 g/mol. The minimum absolute atomic E-state index is 0.0316. The van der Waals surface area contributed by atoms with Crippen LogP contribution in [-0.4, -0.2) is 47.1 Å². The Morgan fingerprint density at radius 2 is 2.07 bits per heavy atom. The summed E-state index contributed by atoms with van der Waals surface area (Å²) in [4.78, 5) is 9.03. The van der Waals surface area contributed by atoms with Gasteiger partial charge in [0.2, 0.25) is 5.82 Å². The van der Waals surface area contributed by atoms with Gasteiger partial charge in [0.15, 0.2) is 0 Å². The number of anilines is 1. The van der Waals surface area contributed by atoms with Gasteiger partial charge in [-0.05, 0) is 17.9 Å². The maximum atomic E-state index is 15.2. The van der Waals surface area contributed by atoms with Crippen molar-refractivity contribution in [1.82, 2.24) is 20.2 Å². The van der Waals surface area contributed by atoms with Crippen molar-refractivity contribution in [3.63, 3.8) is 0 Å². The number of hydrogen-bond acceptors (Lipinski definition) is 5. The number of piperidine rings is 1. The van der Waals surface area contributed by atoms with Gasteiger partial charge < -0.3 is 10.6 Å². The summed E-state index contributed by atoms with van der Waals surface area (Å²) in [5.74, 6) is -1.87. The lowest BCUT2D eigenvalue weighted by molar-refractivity contribution is -0.144. The maximum Gasteiger partial charge on any atom is 0.451 e. The normalized spacial score (nSPS) is 28.5. The smallest absolute Gasteiger partial charge is 0.338 e. The molecule has 2 unspecified atom stereocenters. The summed E-state index contributed by atoms with van der Waals surface area (Å²) >= 11 is 5.70. The van der Waals surface area contributed by atoms with Crippen molar-refractivity contribution in [2.24, 2.45) is 11.8 Å². The highest BCUT2D eigenvalue weighted by molar-refractivity contribution is 6.29. The first kappa shape index (κ1) is 19.6. The molecule has 1 aromatic rings. The quantitative estimate of drug-likeness (QED) is 0.568. The SMILES string of the molecule is CC1C=C(Nc2cc(Cl)nc(C(F)(F)F)n2)C(F)=C2CCN3CCNC[C@@H]3C21. The van der Waals surface area contributed by atoms with Crippen LogP contribution in [0.4, 0.5) is 23.4 Å². The van der Waals surface area contributed by atoms with Crippen molar-refractivity contribution < 1.29 is 17.6 Å². The van der Waals surface area contributed by atoms with Gasteiger partial charge in [0.25, 0.3) is 0 Å². The second-order valence-corrected chi connectivity index (χ2v) is 7.77. The van der Waals surface area contributed by atoms with Gasteiger partial charge in [-0.1, -0.05) is 24.6 Å². The molecule has 3 aliphatic rings. The van der Waals surface area contributed by atoms with Gasteiger partial charge in [0, 0.05) is 44.2 Å². The molecule has 28 heavy (non-hydrogen) atoms. The zero-order valence-electron chi connectivity index (χ0n) is 15.2. The Morgan fingerprint density at radius 1 is 1.29 bits per heavy atom. The molecular formula is C18H20ClF4N5. The molecule has 3 heterocycles. The van der Waals surface area contributed by atoms with E-state index in [0.29, 0.717) is 6.42 Å². The summed E-state index contributed by atoms with van der Waals surface area (Å²) in [5.41, 5.74) is 0.859. The first-order valence-electron chi connectivity index (χ1n) is 9.18.